The molecule has 0 aromatic carbocycles. The summed E-state index contributed by atoms with van der Waals surface area (Å²) in [6.45, 7) is 0. The summed E-state index contributed by atoms with van der Waals surface area (Å²) in [6, 6.07) is 0. The van der Waals surface area contributed by atoms with Crippen LogP contribution in [0.5, 0.6) is 0 Å². The van der Waals surface area contributed by atoms with Crippen LogP contribution < -0.4 is 0 Å². The zero-order chi connectivity index (χ0) is 31.2. The van der Waals surface area contributed by atoms with E-state index in [1.165, 1.54) is 57.8 Å². The highest BCUT2D eigenvalue weighted by Crippen LogP contribution is 2.75. The fourth-order valence-electron chi connectivity index (χ4n) is 20.6. The van der Waals surface area contributed by atoms with Crippen molar-refractivity contribution in [1.82, 2.24) is 0 Å². The van der Waals surface area contributed by atoms with Gasteiger partial charge in [0.05, 0.1) is 28.0 Å². The number of hydrogen-bond acceptors (Lipinski definition) is 5. The van der Waals surface area contributed by atoms with Gasteiger partial charge in [-0.05, 0) is 222 Å². The quantitative estimate of drug-likeness (QED) is 0.238. The van der Waals surface area contributed by atoms with Gasteiger partial charge in [0.15, 0.2) is 0 Å². The molecule has 21 saturated carbocycles. The van der Waals surface area contributed by atoms with E-state index in [9.17, 15) is 25.5 Å². The lowest BCUT2D eigenvalue weighted by atomic mass is 9.33. The fourth-order valence-corrected chi connectivity index (χ4v) is 20.6. The van der Waals surface area contributed by atoms with E-state index >= 15 is 0 Å². The molecule has 0 aromatic rings. The van der Waals surface area contributed by atoms with Crippen LogP contribution in [0.25, 0.3) is 0 Å². The molecule has 258 valence electrons. The average molecular weight is 645 g/mol. The largest absolute Gasteiger partial charge is 0.390 e. The summed E-state index contributed by atoms with van der Waals surface area (Å²) in [5.74, 6) is 15.8. The normalized spacial score (nSPS) is 73.6. The topological polar surface area (TPSA) is 101 Å². The summed E-state index contributed by atoms with van der Waals surface area (Å²) in [5.41, 5.74) is -1.74. The fraction of sp³-hybridized carbons (Fsp3) is 1.00. The molecule has 21 rings (SSSR count). The van der Waals surface area contributed by atoms with Gasteiger partial charge in [0.2, 0.25) is 0 Å². The molecule has 47 heavy (non-hydrogen) atoms. The van der Waals surface area contributed by atoms with Crippen LogP contribution in [0.4, 0.5) is 0 Å². The summed E-state index contributed by atoms with van der Waals surface area (Å²) in [6.07, 6.45) is 21.1. The molecule has 5 N–H and O–H groups in total. The Balaban J connectivity index is 0.0000000794. The zero-order valence-corrected chi connectivity index (χ0v) is 28.4. The molecule has 0 aromatic heterocycles. The molecule has 21 fully saturated rings. The molecule has 24 bridgehead atoms. The molecule has 4 atom stereocenters. The average Bonchev–Trinajstić information content (AvgIpc) is 3.02. The Hall–Kier alpha value is -0.200. The lowest BCUT2D eigenvalue weighted by Crippen LogP contribution is -2.75. The zero-order valence-electron chi connectivity index (χ0n) is 28.4. The van der Waals surface area contributed by atoms with E-state index in [0.29, 0.717) is 30.1 Å². The summed E-state index contributed by atoms with van der Waals surface area (Å²) in [7, 11) is 0. The molecule has 4 unspecified atom stereocenters. The third-order valence-electron chi connectivity index (χ3n) is 21.0. The first-order chi connectivity index (χ1) is 22.4. The van der Waals surface area contributed by atoms with E-state index in [2.05, 4.69) is 0 Å². The van der Waals surface area contributed by atoms with Gasteiger partial charge in [-0.1, -0.05) is 0 Å². The van der Waals surface area contributed by atoms with Crippen LogP contribution in [0, 0.1) is 112 Å². The van der Waals surface area contributed by atoms with Crippen LogP contribution in [0.15, 0.2) is 0 Å². The van der Waals surface area contributed by atoms with Gasteiger partial charge in [-0.3, -0.25) is 0 Å². The van der Waals surface area contributed by atoms with Gasteiger partial charge in [0.1, 0.15) is 0 Å². The van der Waals surface area contributed by atoms with Gasteiger partial charge in [-0.25, -0.2) is 0 Å². The minimum Gasteiger partial charge on any atom is -0.390 e. The van der Waals surface area contributed by atoms with Crippen molar-refractivity contribution in [3.8, 4) is 0 Å². The SMILES string of the molecule is OC12CC3C4CC5(O)CC3C(C1)C(C5)C4C2.OC12CC3C4CC5CC3C(C1)C(C5)C4C2.OC12CC3C4CC5CC3C(O)(C1)C(C5)C4C2. The monoisotopic (exact) mass is 644 g/mol. The van der Waals surface area contributed by atoms with E-state index in [-0.39, 0.29) is 16.8 Å². The Morgan fingerprint density at radius 3 is 0.872 bits per heavy atom. The summed E-state index contributed by atoms with van der Waals surface area (Å²) < 4.78 is 0. The second-order valence-corrected chi connectivity index (χ2v) is 22.6. The lowest BCUT2D eigenvalue weighted by molar-refractivity contribution is -0.322. The van der Waals surface area contributed by atoms with Crippen molar-refractivity contribution >= 4 is 0 Å². The van der Waals surface area contributed by atoms with Gasteiger partial charge in [0.25, 0.3) is 0 Å². The molecule has 0 saturated heterocycles. The van der Waals surface area contributed by atoms with E-state index in [1.807, 2.05) is 0 Å². The predicted molar refractivity (Wildman–Crippen MR) is 174 cm³/mol. The van der Waals surface area contributed by atoms with Crippen molar-refractivity contribution in [2.75, 3.05) is 0 Å². The lowest BCUT2D eigenvalue weighted by Gasteiger charge is -2.74. The molecular formula is C42H60O5. The maximum Gasteiger partial charge on any atom is 0.0736 e. The van der Waals surface area contributed by atoms with Crippen LogP contribution in [-0.4, -0.2) is 53.5 Å². The molecule has 21 aliphatic carbocycles. The van der Waals surface area contributed by atoms with Crippen molar-refractivity contribution in [2.45, 2.75) is 144 Å². The minimum atomic E-state index is -0.488. The molecule has 5 heteroatoms. The van der Waals surface area contributed by atoms with E-state index < -0.39 is 11.2 Å². The Labute approximate surface area is 281 Å². The third-order valence-corrected chi connectivity index (χ3v) is 21.0. The van der Waals surface area contributed by atoms with Gasteiger partial charge in [-0.2, -0.15) is 0 Å². The second-order valence-electron chi connectivity index (χ2n) is 22.6. The molecule has 0 aliphatic heterocycles. The Kier molecular flexibility index (Phi) is 5.06. The predicted octanol–water partition coefficient (Wildman–Crippen LogP) is 5.55. The third kappa shape index (κ3) is 3.40. The van der Waals surface area contributed by atoms with E-state index in [1.54, 1.807) is 0 Å². The maximum absolute atomic E-state index is 11.0. The highest BCUT2D eigenvalue weighted by molar-refractivity contribution is 5.24. The highest BCUT2D eigenvalue weighted by atomic mass is 16.3. The standard InChI is InChI=1S/2C14H20O2.C14H20O/c15-13-1-7-8-4-14(16)5-9(7)11(3-13)12(6-14)10(8)2-13;15-13-4-9-8-1-7-2-11(9)14(16,6-13)12(3-7)10(8)5-13;15-14-4-11-8-1-7-2-9(11)13(6-14)10(3-7)12(8)5-14/h2*7-12,15-16H,1-6H2;7-13,15H,1-6H2. The van der Waals surface area contributed by atoms with Gasteiger partial charge >= 0.3 is 0 Å². The molecule has 5 nitrogen and oxygen atoms in total. The van der Waals surface area contributed by atoms with Gasteiger partial charge in [0, 0.05) is 6.42 Å². The number of hydrogen-bond donors (Lipinski definition) is 5. The summed E-state index contributed by atoms with van der Waals surface area (Å²) in [4.78, 5) is 0. The first-order valence-corrected chi connectivity index (χ1v) is 21.0. The first kappa shape index (κ1) is 28.4. The molecule has 0 radical (unpaired) electrons. The van der Waals surface area contributed by atoms with Gasteiger partial charge in [-0.15, -0.1) is 0 Å². The Bertz CT molecular complexity index is 1240. The Morgan fingerprint density at radius 1 is 0.277 bits per heavy atom. The minimum absolute atomic E-state index is 0.201. The van der Waals surface area contributed by atoms with Crippen molar-refractivity contribution < 1.29 is 25.5 Å². The van der Waals surface area contributed by atoms with Crippen LogP contribution in [0.2, 0.25) is 0 Å². The van der Waals surface area contributed by atoms with Crippen LogP contribution >= 0.6 is 0 Å². The molecule has 0 spiro atoms. The van der Waals surface area contributed by atoms with Crippen molar-refractivity contribution in [2.24, 2.45) is 112 Å². The maximum atomic E-state index is 11.0. The van der Waals surface area contributed by atoms with E-state index in [0.717, 1.165) is 140 Å². The summed E-state index contributed by atoms with van der Waals surface area (Å²) in [5, 5.41) is 53.4. The Morgan fingerprint density at radius 2 is 0.532 bits per heavy atom. The smallest absolute Gasteiger partial charge is 0.0736 e. The van der Waals surface area contributed by atoms with Crippen LogP contribution in [0.3, 0.4) is 0 Å². The molecule has 0 amide bonds. The van der Waals surface area contributed by atoms with E-state index in [4.69, 9.17) is 0 Å². The van der Waals surface area contributed by atoms with Crippen molar-refractivity contribution in [1.29, 1.82) is 0 Å². The molecular weight excluding hydrogens is 584 g/mol. The summed E-state index contributed by atoms with van der Waals surface area (Å²) >= 11 is 0. The molecule has 0 heterocycles. The molecule has 21 aliphatic rings. The highest BCUT2D eigenvalue weighted by Gasteiger charge is 2.74. The van der Waals surface area contributed by atoms with Crippen molar-refractivity contribution in [3.63, 3.8) is 0 Å². The van der Waals surface area contributed by atoms with Gasteiger partial charge < -0.3 is 25.5 Å². The van der Waals surface area contributed by atoms with Crippen LogP contribution in [0.1, 0.15) is 116 Å². The van der Waals surface area contributed by atoms with Crippen molar-refractivity contribution in [3.05, 3.63) is 0 Å². The first-order valence-electron chi connectivity index (χ1n) is 21.0. The second kappa shape index (κ2) is 8.37. The number of aliphatic hydroxyl groups is 5. The van der Waals surface area contributed by atoms with Crippen LogP contribution in [-0.2, 0) is 0 Å². The number of rotatable bonds is 0.